The SMILES string of the molecule is CC(C)Sc1nc2ccccc2c(=O)n1-c1ccc(Cl)cc1. The minimum atomic E-state index is -0.0592. The monoisotopic (exact) mass is 330 g/mol. The maximum Gasteiger partial charge on any atom is 0.266 e. The van der Waals surface area contributed by atoms with Crippen molar-refractivity contribution in [3.63, 3.8) is 0 Å². The van der Waals surface area contributed by atoms with E-state index >= 15 is 0 Å². The summed E-state index contributed by atoms with van der Waals surface area (Å²) in [5.74, 6) is 0. The van der Waals surface area contributed by atoms with Gasteiger partial charge in [0.25, 0.3) is 5.56 Å². The number of rotatable bonds is 3. The molecule has 0 fully saturated rings. The van der Waals surface area contributed by atoms with Gasteiger partial charge in [0.05, 0.1) is 16.6 Å². The van der Waals surface area contributed by atoms with Crippen LogP contribution in [-0.4, -0.2) is 14.8 Å². The predicted octanol–water partition coefficient (Wildman–Crippen LogP) is 4.54. The van der Waals surface area contributed by atoms with Gasteiger partial charge in [-0.05, 0) is 36.4 Å². The lowest BCUT2D eigenvalue weighted by molar-refractivity contribution is 0.816. The summed E-state index contributed by atoms with van der Waals surface area (Å²) in [7, 11) is 0. The molecule has 0 aliphatic carbocycles. The Bertz CT molecular complexity index is 872. The average Bonchev–Trinajstić information content (AvgIpc) is 2.48. The number of nitrogens with zero attached hydrogens (tertiary/aromatic N) is 2. The van der Waals surface area contributed by atoms with Gasteiger partial charge >= 0.3 is 0 Å². The van der Waals surface area contributed by atoms with Gasteiger partial charge in [0.1, 0.15) is 0 Å². The van der Waals surface area contributed by atoms with Crippen molar-refractivity contribution < 1.29 is 0 Å². The van der Waals surface area contributed by atoms with E-state index in [9.17, 15) is 4.79 Å². The van der Waals surface area contributed by atoms with Crippen LogP contribution in [-0.2, 0) is 0 Å². The zero-order valence-corrected chi connectivity index (χ0v) is 13.9. The molecule has 0 bridgehead atoms. The van der Waals surface area contributed by atoms with Crippen LogP contribution in [0.5, 0.6) is 0 Å². The average molecular weight is 331 g/mol. The molecule has 2 aromatic carbocycles. The van der Waals surface area contributed by atoms with Crippen molar-refractivity contribution in [3.05, 3.63) is 63.9 Å². The van der Waals surface area contributed by atoms with Gasteiger partial charge in [-0.1, -0.05) is 49.3 Å². The van der Waals surface area contributed by atoms with Crippen LogP contribution in [0.4, 0.5) is 0 Å². The van der Waals surface area contributed by atoms with Crippen LogP contribution in [0, 0.1) is 0 Å². The Morgan fingerprint density at radius 2 is 1.77 bits per heavy atom. The fourth-order valence-electron chi connectivity index (χ4n) is 2.22. The molecule has 112 valence electrons. The van der Waals surface area contributed by atoms with E-state index in [2.05, 4.69) is 18.8 Å². The minimum absolute atomic E-state index is 0.0592. The highest BCUT2D eigenvalue weighted by Crippen LogP contribution is 2.25. The Labute approximate surface area is 138 Å². The zero-order chi connectivity index (χ0) is 15.7. The van der Waals surface area contributed by atoms with Crippen molar-refractivity contribution in [1.29, 1.82) is 0 Å². The number of aromatic nitrogens is 2. The quantitative estimate of drug-likeness (QED) is 0.522. The van der Waals surface area contributed by atoms with Crippen LogP contribution >= 0.6 is 23.4 Å². The fourth-order valence-corrected chi connectivity index (χ4v) is 3.21. The van der Waals surface area contributed by atoms with E-state index in [0.29, 0.717) is 20.8 Å². The summed E-state index contributed by atoms with van der Waals surface area (Å²) in [5.41, 5.74) is 1.44. The van der Waals surface area contributed by atoms with Crippen LogP contribution in [0.15, 0.2) is 58.5 Å². The van der Waals surface area contributed by atoms with E-state index in [1.807, 2.05) is 30.3 Å². The summed E-state index contributed by atoms with van der Waals surface area (Å²) < 4.78 is 1.66. The van der Waals surface area contributed by atoms with E-state index < -0.39 is 0 Å². The second-order valence-corrected chi connectivity index (χ2v) is 7.18. The molecule has 0 spiro atoms. The highest BCUT2D eigenvalue weighted by molar-refractivity contribution is 7.99. The first-order valence-corrected chi connectivity index (χ1v) is 8.26. The summed E-state index contributed by atoms with van der Waals surface area (Å²) in [6.07, 6.45) is 0. The van der Waals surface area contributed by atoms with E-state index in [0.717, 1.165) is 11.2 Å². The molecule has 22 heavy (non-hydrogen) atoms. The molecular weight excluding hydrogens is 316 g/mol. The fraction of sp³-hybridized carbons (Fsp3) is 0.176. The van der Waals surface area contributed by atoms with Crippen molar-refractivity contribution in [2.24, 2.45) is 0 Å². The summed E-state index contributed by atoms with van der Waals surface area (Å²) in [6.45, 7) is 4.16. The van der Waals surface area contributed by atoms with E-state index in [-0.39, 0.29) is 5.56 Å². The molecule has 0 N–H and O–H groups in total. The number of hydrogen-bond acceptors (Lipinski definition) is 3. The molecule has 0 atom stereocenters. The van der Waals surface area contributed by atoms with Crippen molar-refractivity contribution in [1.82, 2.24) is 9.55 Å². The number of para-hydroxylation sites is 1. The smallest absolute Gasteiger partial charge is 0.266 e. The summed E-state index contributed by atoms with van der Waals surface area (Å²) in [6, 6.07) is 14.7. The Hall–Kier alpha value is -1.78. The lowest BCUT2D eigenvalue weighted by atomic mass is 10.2. The Balaban J connectivity index is 2.32. The second kappa shape index (κ2) is 6.15. The molecule has 3 nitrogen and oxygen atoms in total. The molecule has 0 aliphatic heterocycles. The van der Waals surface area contributed by atoms with Crippen LogP contribution < -0.4 is 5.56 Å². The molecule has 0 amide bonds. The second-order valence-electron chi connectivity index (χ2n) is 5.20. The third-order valence-corrected chi connectivity index (χ3v) is 4.38. The van der Waals surface area contributed by atoms with Gasteiger partial charge in [-0.15, -0.1) is 0 Å². The molecule has 5 heteroatoms. The largest absolute Gasteiger partial charge is 0.268 e. The maximum absolute atomic E-state index is 12.9. The zero-order valence-electron chi connectivity index (χ0n) is 12.3. The molecule has 0 saturated carbocycles. The van der Waals surface area contributed by atoms with Gasteiger partial charge in [-0.3, -0.25) is 9.36 Å². The molecule has 3 rings (SSSR count). The maximum atomic E-state index is 12.9. The molecule has 3 aromatic rings. The predicted molar refractivity (Wildman–Crippen MR) is 93.3 cm³/mol. The normalized spacial score (nSPS) is 11.3. The Kier molecular flexibility index (Phi) is 4.23. The van der Waals surface area contributed by atoms with Crippen molar-refractivity contribution in [2.75, 3.05) is 0 Å². The van der Waals surface area contributed by atoms with Crippen LogP contribution in [0.25, 0.3) is 16.6 Å². The van der Waals surface area contributed by atoms with Crippen LogP contribution in [0.2, 0.25) is 5.02 Å². The van der Waals surface area contributed by atoms with Crippen LogP contribution in [0.1, 0.15) is 13.8 Å². The molecule has 0 aliphatic rings. The van der Waals surface area contributed by atoms with Gasteiger partial charge < -0.3 is 0 Å². The van der Waals surface area contributed by atoms with Gasteiger partial charge in [0.15, 0.2) is 5.16 Å². The third kappa shape index (κ3) is 2.89. The molecule has 0 saturated heterocycles. The van der Waals surface area contributed by atoms with Crippen LogP contribution in [0.3, 0.4) is 0 Å². The highest BCUT2D eigenvalue weighted by Gasteiger charge is 2.14. The van der Waals surface area contributed by atoms with Crippen molar-refractivity contribution >= 4 is 34.3 Å². The molecule has 0 unspecified atom stereocenters. The topological polar surface area (TPSA) is 34.9 Å². The molecule has 0 radical (unpaired) electrons. The van der Waals surface area contributed by atoms with Crippen molar-refractivity contribution in [3.8, 4) is 5.69 Å². The standard InChI is InChI=1S/C17H15ClN2OS/c1-11(2)22-17-19-15-6-4-3-5-14(15)16(21)20(17)13-9-7-12(18)8-10-13/h3-11H,1-2H3. The summed E-state index contributed by atoms with van der Waals surface area (Å²) in [5, 5.41) is 2.28. The Morgan fingerprint density at radius 3 is 2.45 bits per heavy atom. The Morgan fingerprint density at radius 1 is 1.09 bits per heavy atom. The number of thioether (sulfide) groups is 1. The van der Waals surface area contributed by atoms with E-state index in [1.54, 1.807) is 34.5 Å². The first-order chi connectivity index (χ1) is 10.6. The number of halogens is 1. The van der Waals surface area contributed by atoms with E-state index in [1.165, 1.54) is 0 Å². The first-order valence-electron chi connectivity index (χ1n) is 7.00. The lowest BCUT2D eigenvalue weighted by Crippen LogP contribution is -2.22. The molecule has 1 heterocycles. The van der Waals surface area contributed by atoms with E-state index in [4.69, 9.17) is 11.6 Å². The molecular formula is C17H15ClN2OS. The minimum Gasteiger partial charge on any atom is -0.268 e. The van der Waals surface area contributed by atoms with Gasteiger partial charge in [0.2, 0.25) is 0 Å². The number of fused-ring (bicyclic) bond motifs is 1. The van der Waals surface area contributed by atoms with Gasteiger partial charge in [-0.25, -0.2) is 4.98 Å². The lowest BCUT2D eigenvalue weighted by Gasteiger charge is -2.14. The third-order valence-electron chi connectivity index (χ3n) is 3.17. The highest BCUT2D eigenvalue weighted by atomic mass is 35.5. The number of benzene rings is 2. The molecule has 1 aromatic heterocycles. The van der Waals surface area contributed by atoms with Gasteiger partial charge in [-0.2, -0.15) is 0 Å². The first kappa shape index (κ1) is 15.1. The summed E-state index contributed by atoms with van der Waals surface area (Å²) >= 11 is 7.52. The van der Waals surface area contributed by atoms with Crippen molar-refractivity contribution in [2.45, 2.75) is 24.3 Å². The van der Waals surface area contributed by atoms with Gasteiger partial charge in [0, 0.05) is 10.3 Å². The number of hydrogen-bond donors (Lipinski definition) is 0. The summed E-state index contributed by atoms with van der Waals surface area (Å²) in [4.78, 5) is 17.6.